The smallest absolute Gasteiger partial charge is 0.261 e. The lowest BCUT2D eigenvalue weighted by Crippen LogP contribution is -2.32. The molecule has 1 amide bonds. The fourth-order valence-electron chi connectivity index (χ4n) is 3.82. The van der Waals surface area contributed by atoms with Gasteiger partial charge in [-0.1, -0.05) is 35.9 Å². The monoisotopic (exact) mass is 411 g/mol. The fraction of sp³-hybridized carbons (Fsp3) is 0.273. The maximum atomic E-state index is 12.3. The Morgan fingerprint density at radius 2 is 2.07 bits per heavy atom. The van der Waals surface area contributed by atoms with E-state index < -0.39 is 0 Å². The highest BCUT2D eigenvalue weighted by Crippen LogP contribution is 2.34. The standard InChI is InChI=1S/C22H22ClN3OS/c1-13-6-9-18(12-19(13)23)26-15(3)21(14(2)25-26)16-7-8-17(11-16)24-22(27)20-5-4-10-28-20/h4-10,12,16-17H,11H2,1-3H3,(H,24,27). The molecule has 0 aliphatic heterocycles. The Morgan fingerprint density at radius 1 is 1.25 bits per heavy atom. The lowest BCUT2D eigenvalue weighted by molar-refractivity contribution is 0.0948. The molecule has 2 unspecified atom stereocenters. The topological polar surface area (TPSA) is 46.9 Å². The molecule has 0 spiro atoms. The van der Waals surface area contributed by atoms with E-state index in [1.165, 1.54) is 16.9 Å². The molecule has 2 aromatic heterocycles. The van der Waals surface area contributed by atoms with Gasteiger partial charge in [0, 0.05) is 28.2 Å². The fourth-order valence-corrected chi connectivity index (χ4v) is 4.63. The van der Waals surface area contributed by atoms with E-state index in [2.05, 4.69) is 24.4 Å². The molecule has 28 heavy (non-hydrogen) atoms. The largest absolute Gasteiger partial charge is 0.345 e. The van der Waals surface area contributed by atoms with Crippen LogP contribution in [0.15, 0.2) is 47.9 Å². The first-order valence-electron chi connectivity index (χ1n) is 9.29. The van der Waals surface area contributed by atoms with E-state index in [1.54, 1.807) is 0 Å². The quantitative estimate of drug-likeness (QED) is 0.588. The molecule has 144 valence electrons. The van der Waals surface area contributed by atoms with Gasteiger partial charge < -0.3 is 5.32 Å². The van der Waals surface area contributed by atoms with Crippen molar-refractivity contribution in [1.29, 1.82) is 0 Å². The van der Waals surface area contributed by atoms with Gasteiger partial charge in [0.25, 0.3) is 5.91 Å². The Labute approximate surface area is 173 Å². The highest BCUT2D eigenvalue weighted by molar-refractivity contribution is 7.12. The van der Waals surface area contributed by atoms with Crippen molar-refractivity contribution < 1.29 is 4.79 Å². The van der Waals surface area contributed by atoms with Crippen molar-refractivity contribution in [3.05, 3.63) is 80.3 Å². The molecule has 0 bridgehead atoms. The molecule has 0 saturated carbocycles. The first kappa shape index (κ1) is 19.0. The average molecular weight is 412 g/mol. The number of carbonyl (C=O) groups is 1. The van der Waals surface area contributed by atoms with Crippen LogP contribution in [0.3, 0.4) is 0 Å². The number of hydrogen-bond acceptors (Lipinski definition) is 3. The number of amides is 1. The molecule has 3 aromatic rings. The summed E-state index contributed by atoms with van der Waals surface area (Å²) in [6.07, 6.45) is 5.12. The van der Waals surface area contributed by atoms with Gasteiger partial charge in [-0.25, -0.2) is 4.68 Å². The van der Waals surface area contributed by atoms with Crippen LogP contribution < -0.4 is 5.32 Å². The SMILES string of the molecule is Cc1ccc(-n2nc(C)c(C3C=CC(NC(=O)c4cccs4)C3)c2C)cc1Cl. The Bertz CT molecular complexity index is 1050. The third-order valence-electron chi connectivity index (χ3n) is 5.26. The van der Waals surface area contributed by atoms with E-state index in [-0.39, 0.29) is 17.9 Å². The maximum Gasteiger partial charge on any atom is 0.261 e. The minimum Gasteiger partial charge on any atom is -0.345 e. The number of allylic oxidation sites excluding steroid dienone is 1. The minimum atomic E-state index is -0.0104. The van der Waals surface area contributed by atoms with Gasteiger partial charge in [0.15, 0.2) is 0 Å². The number of aryl methyl sites for hydroxylation is 2. The van der Waals surface area contributed by atoms with Gasteiger partial charge in [-0.05, 0) is 56.3 Å². The molecular weight excluding hydrogens is 390 g/mol. The molecule has 1 N–H and O–H groups in total. The predicted octanol–water partition coefficient (Wildman–Crippen LogP) is 5.35. The van der Waals surface area contributed by atoms with Crippen LogP contribution in [0.4, 0.5) is 0 Å². The summed E-state index contributed by atoms with van der Waals surface area (Å²) in [5.74, 6) is 0.229. The second kappa shape index (κ2) is 7.57. The molecule has 2 atom stereocenters. The highest BCUT2D eigenvalue weighted by Gasteiger charge is 2.27. The molecule has 4 rings (SSSR count). The molecule has 0 fully saturated rings. The van der Waals surface area contributed by atoms with Crippen LogP contribution in [-0.2, 0) is 0 Å². The second-order valence-electron chi connectivity index (χ2n) is 7.21. The van der Waals surface area contributed by atoms with Crippen molar-refractivity contribution in [3.8, 4) is 5.69 Å². The highest BCUT2D eigenvalue weighted by atomic mass is 35.5. The van der Waals surface area contributed by atoms with Crippen LogP contribution in [0.2, 0.25) is 5.02 Å². The molecular formula is C22H22ClN3OS. The molecule has 2 heterocycles. The van der Waals surface area contributed by atoms with Gasteiger partial charge >= 0.3 is 0 Å². The zero-order chi connectivity index (χ0) is 19.8. The molecule has 0 radical (unpaired) electrons. The Hall–Kier alpha value is -2.37. The second-order valence-corrected chi connectivity index (χ2v) is 8.57. The Morgan fingerprint density at radius 3 is 2.79 bits per heavy atom. The summed E-state index contributed by atoms with van der Waals surface area (Å²) in [6.45, 7) is 6.13. The number of thiophene rings is 1. The van der Waals surface area contributed by atoms with E-state index in [1.807, 2.05) is 54.2 Å². The summed E-state index contributed by atoms with van der Waals surface area (Å²) in [6, 6.07) is 9.79. The van der Waals surface area contributed by atoms with E-state index >= 15 is 0 Å². The number of nitrogens with one attached hydrogen (secondary N) is 1. The molecule has 4 nitrogen and oxygen atoms in total. The summed E-state index contributed by atoms with van der Waals surface area (Å²) in [5, 5.41) is 10.5. The van der Waals surface area contributed by atoms with Crippen molar-refractivity contribution in [2.24, 2.45) is 0 Å². The lowest BCUT2D eigenvalue weighted by atomic mass is 9.96. The van der Waals surface area contributed by atoms with Crippen molar-refractivity contribution in [3.63, 3.8) is 0 Å². The third kappa shape index (κ3) is 3.52. The summed E-state index contributed by atoms with van der Waals surface area (Å²) >= 11 is 7.77. The van der Waals surface area contributed by atoms with E-state index in [0.29, 0.717) is 0 Å². The van der Waals surface area contributed by atoms with Crippen molar-refractivity contribution >= 4 is 28.8 Å². The molecule has 1 aliphatic carbocycles. The molecule has 1 aliphatic rings. The maximum absolute atomic E-state index is 12.3. The number of rotatable bonds is 4. The van der Waals surface area contributed by atoms with E-state index in [0.717, 1.165) is 39.0 Å². The molecule has 1 aromatic carbocycles. The summed E-state index contributed by atoms with van der Waals surface area (Å²) < 4.78 is 1.96. The summed E-state index contributed by atoms with van der Waals surface area (Å²) in [4.78, 5) is 13.1. The van der Waals surface area contributed by atoms with Gasteiger partial charge in [0.05, 0.1) is 16.3 Å². The van der Waals surface area contributed by atoms with Gasteiger partial charge in [-0.3, -0.25) is 4.79 Å². The average Bonchev–Trinajstić information content (AvgIpc) is 3.39. The Balaban J connectivity index is 1.54. The first-order chi connectivity index (χ1) is 13.4. The third-order valence-corrected chi connectivity index (χ3v) is 6.54. The van der Waals surface area contributed by atoms with Crippen LogP contribution in [0, 0.1) is 20.8 Å². The number of carbonyl (C=O) groups excluding carboxylic acids is 1. The van der Waals surface area contributed by atoms with Crippen LogP contribution in [0.5, 0.6) is 0 Å². The number of hydrogen-bond donors (Lipinski definition) is 1. The normalized spacial score (nSPS) is 18.6. The summed E-state index contributed by atoms with van der Waals surface area (Å²) in [7, 11) is 0. The first-order valence-corrected chi connectivity index (χ1v) is 10.5. The molecule has 0 saturated heterocycles. The zero-order valence-corrected chi connectivity index (χ0v) is 17.6. The van der Waals surface area contributed by atoms with E-state index in [9.17, 15) is 4.79 Å². The number of halogens is 1. The van der Waals surface area contributed by atoms with Gasteiger partial charge in [-0.2, -0.15) is 5.10 Å². The van der Waals surface area contributed by atoms with Crippen LogP contribution >= 0.6 is 22.9 Å². The number of nitrogens with zero attached hydrogens (tertiary/aromatic N) is 2. The van der Waals surface area contributed by atoms with Gasteiger partial charge in [0.1, 0.15) is 0 Å². The molecule has 6 heteroatoms. The van der Waals surface area contributed by atoms with Crippen molar-refractivity contribution in [2.45, 2.75) is 39.2 Å². The van der Waals surface area contributed by atoms with Gasteiger partial charge in [-0.15, -0.1) is 11.3 Å². The summed E-state index contributed by atoms with van der Waals surface area (Å²) in [5.41, 5.74) is 5.36. The van der Waals surface area contributed by atoms with Crippen LogP contribution in [0.1, 0.15) is 44.5 Å². The van der Waals surface area contributed by atoms with Crippen LogP contribution in [-0.4, -0.2) is 21.7 Å². The number of aromatic nitrogens is 2. The lowest BCUT2D eigenvalue weighted by Gasteiger charge is -2.14. The zero-order valence-electron chi connectivity index (χ0n) is 16.1. The van der Waals surface area contributed by atoms with Gasteiger partial charge in [0.2, 0.25) is 0 Å². The number of benzene rings is 1. The van der Waals surface area contributed by atoms with E-state index in [4.69, 9.17) is 16.7 Å². The minimum absolute atomic E-state index is 0.0104. The van der Waals surface area contributed by atoms with Crippen LogP contribution in [0.25, 0.3) is 5.69 Å². The van der Waals surface area contributed by atoms with Crippen molar-refractivity contribution in [2.75, 3.05) is 0 Å². The predicted molar refractivity (Wildman–Crippen MR) is 115 cm³/mol. The Kier molecular flexibility index (Phi) is 5.13. The van der Waals surface area contributed by atoms with Crippen molar-refractivity contribution in [1.82, 2.24) is 15.1 Å².